The number of nitrogens with zero attached hydrogens (tertiary/aromatic N) is 1. The Kier molecular flexibility index (Phi) is 3.99. The van der Waals surface area contributed by atoms with E-state index in [-0.39, 0.29) is 5.91 Å². The van der Waals surface area contributed by atoms with Crippen LogP contribution in [0.15, 0.2) is 6.07 Å². The van der Waals surface area contributed by atoms with E-state index in [0.29, 0.717) is 11.6 Å². The second-order valence-corrected chi connectivity index (χ2v) is 4.23. The molecule has 0 saturated heterocycles. The Hall–Kier alpha value is -1.45. The maximum Gasteiger partial charge on any atom is 0.269 e. The molecule has 0 aromatic carbocycles. The Morgan fingerprint density at radius 2 is 2.25 bits per heavy atom. The average Bonchev–Trinajstić information content (AvgIpc) is 2.55. The molecule has 0 aliphatic carbocycles. The van der Waals surface area contributed by atoms with E-state index in [1.807, 2.05) is 13.0 Å². The quantitative estimate of drug-likeness (QED) is 0.764. The number of hydrogen-bond donors (Lipinski definition) is 2. The maximum absolute atomic E-state index is 11.8. The minimum absolute atomic E-state index is 0.117. The molecular formula is C12H21N3O. The summed E-state index contributed by atoms with van der Waals surface area (Å²) in [5.41, 5.74) is 2.54. The highest BCUT2D eigenvalue weighted by molar-refractivity contribution is 5.94. The molecule has 0 aliphatic heterocycles. The third kappa shape index (κ3) is 2.21. The van der Waals surface area contributed by atoms with Crippen LogP contribution in [0.2, 0.25) is 0 Å². The van der Waals surface area contributed by atoms with Crippen LogP contribution in [0, 0.1) is 6.92 Å². The third-order valence-corrected chi connectivity index (χ3v) is 2.95. The van der Waals surface area contributed by atoms with E-state index in [1.165, 1.54) is 4.68 Å². The van der Waals surface area contributed by atoms with Crippen molar-refractivity contribution >= 4 is 5.91 Å². The number of nitrogen functional groups attached to an aromatic ring is 1. The van der Waals surface area contributed by atoms with E-state index >= 15 is 0 Å². The second kappa shape index (κ2) is 5.05. The first-order chi connectivity index (χ1) is 7.52. The van der Waals surface area contributed by atoms with Crippen molar-refractivity contribution in [2.45, 2.75) is 39.5 Å². The van der Waals surface area contributed by atoms with Gasteiger partial charge in [-0.1, -0.05) is 20.3 Å². The van der Waals surface area contributed by atoms with Gasteiger partial charge in [0, 0.05) is 12.7 Å². The van der Waals surface area contributed by atoms with Gasteiger partial charge in [0.25, 0.3) is 5.91 Å². The topological polar surface area (TPSA) is 60.0 Å². The van der Waals surface area contributed by atoms with E-state index in [4.69, 9.17) is 5.84 Å². The van der Waals surface area contributed by atoms with Crippen LogP contribution in [-0.2, 0) is 0 Å². The lowest BCUT2D eigenvalue weighted by atomic mass is 9.96. The van der Waals surface area contributed by atoms with E-state index in [0.717, 1.165) is 24.1 Å². The number of carbonyl (C=O) groups is 1. The fraction of sp³-hybridized carbons (Fsp3) is 0.583. The molecule has 0 unspecified atom stereocenters. The SMILES string of the molecule is CCC[C@@H](C)c1cc(C)n(N)c1C(=O)NC. The molecule has 0 fully saturated rings. The Balaban J connectivity index is 3.17. The van der Waals surface area contributed by atoms with Gasteiger partial charge >= 0.3 is 0 Å². The lowest BCUT2D eigenvalue weighted by molar-refractivity contribution is 0.0954. The average molecular weight is 223 g/mol. The van der Waals surface area contributed by atoms with Crippen LogP contribution < -0.4 is 11.2 Å². The molecule has 1 atom stereocenters. The summed E-state index contributed by atoms with van der Waals surface area (Å²) in [6.07, 6.45) is 2.16. The summed E-state index contributed by atoms with van der Waals surface area (Å²) in [4.78, 5) is 11.8. The van der Waals surface area contributed by atoms with Gasteiger partial charge in [-0.05, 0) is 30.9 Å². The van der Waals surface area contributed by atoms with Crippen LogP contribution in [-0.4, -0.2) is 17.6 Å². The minimum Gasteiger partial charge on any atom is -0.354 e. The Labute approximate surface area is 96.8 Å². The Morgan fingerprint density at radius 1 is 1.62 bits per heavy atom. The predicted octanol–water partition coefficient (Wildman–Crippen LogP) is 1.77. The molecule has 0 bridgehead atoms. The standard InChI is InChI=1S/C12H21N3O/c1-5-6-8(2)10-7-9(3)15(13)11(10)12(16)14-4/h7-8H,5-6,13H2,1-4H3,(H,14,16)/t8-/m1/s1. The number of hydrogen-bond acceptors (Lipinski definition) is 2. The molecule has 1 heterocycles. The molecular weight excluding hydrogens is 202 g/mol. The zero-order chi connectivity index (χ0) is 12.3. The number of nitrogens with one attached hydrogen (secondary N) is 1. The fourth-order valence-corrected chi connectivity index (χ4v) is 2.00. The van der Waals surface area contributed by atoms with E-state index in [2.05, 4.69) is 19.2 Å². The first-order valence-corrected chi connectivity index (χ1v) is 5.72. The molecule has 0 saturated carbocycles. The van der Waals surface area contributed by atoms with Crippen LogP contribution in [0.25, 0.3) is 0 Å². The number of amides is 1. The largest absolute Gasteiger partial charge is 0.354 e. The van der Waals surface area contributed by atoms with Gasteiger partial charge in [-0.2, -0.15) is 0 Å². The highest BCUT2D eigenvalue weighted by atomic mass is 16.1. The summed E-state index contributed by atoms with van der Waals surface area (Å²) >= 11 is 0. The molecule has 1 aromatic heterocycles. The van der Waals surface area contributed by atoms with Crippen molar-refractivity contribution < 1.29 is 4.79 Å². The van der Waals surface area contributed by atoms with Crippen molar-refractivity contribution in [3.8, 4) is 0 Å². The van der Waals surface area contributed by atoms with Gasteiger partial charge in [0.05, 0.1) is 0 Å². The molecule has 4 heteroatoms. The summed E-state index contributed by atoms with van der Waals surface area (Å²) in [5, 5.41) is 2.63. The first-order valence-electron chi connectivity index (χ1n) is 5.72. The number of carbonyl (C=O) groups excluding carboxylic acids is 1. The minimum atomic E-state index is -0.117. The normalized spacial score (nSPS) is 12.5. The molecule has 1 rings (SSSR count). The number of rotatable bonds is 4. The van der Waals surface area contributed by atoms with Crippen molar-refractivity contribution in [3.05, 3.63) is 23.0 Å². The molecule has 0 aliphatic rings. The Bertz CT molecular complexity index is 382. The van der Waals surface area contributed by atoms with E-state index in [1.54, 1.807) is 7.05 Å². The molecule has 1 aromatic rings. The lowest BCUT2D eigenvalue weighted by Crippen LogP contribution is -2.27. The van der Waals surface area contributed by atoms with Gasteiger partial charge in [0.1, 0.15) is 5.69 Å². The van der Waals surface area contributed by atoms with Gasteiger partial charge in [-0.3, -0.25) is 9.47 Å². The van der Waals surface area contributed by atoms with Gasteiger partial charge in [-0.15, -0.1) is 0 Å². The smallest absolute Gasteiger partial charge is 0.269 e. The first kappa shape index (κ1) is 12.6. The summed E-state index contributed by atoms with van der Waals surface area (Å²) in [5.74, 6) is 6.11. The van der Waals surface area contributed by atoms with Crippen molar-refractivity contribution in [2.75, 3.05) is 12.9 Å². The molecule has 0 spiro atoms. The predicted molar refractivity (Wildman–Crippen MR) is 66.0 cm³/mol. The molecule has 4 nitrogen and oxygen atoms in total. The van der Waals surface area contributed by atoms with Gasteiger partial charge in [-0.25, -0.2) is 0 Å². The molecule has 16 heavy (non-hydrogen) atoms. The number of aryl methyl sites for hydroxylation is 1. The van der Waals surface area contributed by atoms with E-state index in [9.17, 15) is 4.79 Å². The molecule has 0 radical (unpaired) electrons. The highest BCUT2D eigenvalue weighted by Crippen LogP contribution is 2.26. The van der Waals surface area contributed by atoms with Crippen LogP contribution in [0.1, 0.15) is 54.4 Å². The maximum atomic E-state index is 11.8. The van der Waals surface area contributed by atoms with Crippen molar-refractivity contribution in [2.24, 2.45) is 0 Å². The second-order valence-electron chi connectivity index (χ2n) is 4.23. The monoisotopic (exact) mass is 223 g/mol. The molecule has 1 amide bonds. The van der Waals surface area contributed by atoms with Gasteiger partial charge in [0.2, 0.25) is 0 Å². The van der Waals surface area contributed by atoms with Crippen molar-refractivity contribution in [1.82, 2.24) is 9.99 Å². The summed E-state index contributed by atoms with van der Waals surface area (Å²) in [7, 11) is 1.62. The van der Waals surface area contributed by atoms with Crippen molar-refractivity contribution in [3.63, 3.8) is 0 Å². The number of aromatic nitrogens is 1. The van der Waals surface area contributed by atoms with Crippen LogP contribution >= 0.6 is 0 Å². The number of nitrogens with two attached hydrogens (primary N) is 1. The van der Waals surface area contributed by atoms with Crippen molar-refractivity contribution in [1.29, 1.82) is 0 Å². The summed E-state index contributed by atoms with van der Waals surface area (Å²) < 4.78 is 1.47. The van der Waals surface area contributed by atoms with Gasteiger partial charge in [0.15, 0.2) is 0 Å². The summed E-state index contributed by atoms with van der Waals surface area (Å²) in [6.45, 7) is 6.18. The summed E-state index contributed by atoms with van der Waals surface area (Å²) in [6, 6.07) is 2.00. The van der Waals surface area contributed by atoms with Gasteiger partial charge < -0.3 is 11.2 Å². The van der Waals surface area contributed by atoms with Crippen LogP contribution in [0.4, 0.5) is 0 Å². The highest BCUT2D eigenvalue weighted by Gasteiger charge is 2.20. The van der Waals surface area contributed by atoms with Crippen LogP contribution in [0.3, 0.4) is 0 Å². The van der Waals surface area contributed by atoms with Crippen LogP contribution in [0.5, 0.6) is 0 Å². The third-order valence-electron chi connectivity index (χ3n) is 2.95. The Morgan fingerprint density at radius 3 is 2.75 bits per heavy atom. The molecule has 90 valence electrons. The zero-order valence-electron chi connectivity index (χ0n) is 10.5. The van der Waals surface area contributed by atoms with E-state index < -0.39 is 0 Å². The molecule has 3 N–H and O–H groups in total. The zero-order valence-corrected chi connectivity index (χ0v) is 10.5. The fourth-order valence-electron chi connectivity index (χ4n) is 2.00. The lowest BCUT2D eigenvalue weighted by Gasteiger charge is -2.12.